The Morgan fingerprint density at radius 1 is 1.06 bits per heavy atom. The molecular weight excluding hydrogens is 430 g/mol. The molecule has 1 aliphatic rings. The first-order chi connectivity index (χ1) is 15.2. The molecule has 1 aliphatic heterocycles. The molecule has 0 amide bonds. The zero-order valence-corrected chi connectivity index (χ0v) is 18.7. The molecule has 158 valence electrons. The molecule has 1 fully saturated rings. The second-order valence-electron chi connectivity index (χ2n) is 7.45. The van der Waals surface area contributed by atoms with Crippen molar-refractivity contribution in [2.24, 2.45) is 0 Å². The summed E-state index contributed by atoms with van der Waals surface area (Å²) in [4.78, 5) is 6.79. The lowest BCUT2D eigenvalue weighted by molar-refractivity contribution is 0.122. The Kier molecular flexibility index (Phi) is 5.80. The zero-order chi connectivity index (χ0) is 21.2. The molecule has 0 radical (unpaired) electrons. The van der Waals surface area contributed by atoms with E-state index in [2.05, 4.69) is 61.9 Å². The Labute approximate surface area is 190 Å². The summed E-state index contributed by atoms with van der Waals surface area (Å²) in [5, 5.41) is 11.7. The molecule has 3 heterocycles. The van der Waals surface area contributed by atoms with E-state index in [9.17, 15) is 0 Å². The van der Waals surface area contributed by atoms with Crippen LogP contribution in [0.15, 0.2) is 59.9 Å². The van der Waals surface area contributed by atoms with Gasteiger partial charge in [0.15, 0.2) is 5.16 Å². The van der Waals surface area contributed by atoms with Gasteiger partial charge in [0.1, 0.15) is 0 Å². The van der Waals surface area contributed by atoms with Crippen molar-refractivity contribution in [3.8, 4) is 5.69 Å². The Hall–Kier alpha value is -2.61. The molecule has 8 heteroatoms. The number of fused-ring (bicyclic) bond motifs is 1. The van der Waals surface area contributed by atoms with Crippen LogP contribution in [-0.4, -0.2) is 46.1 Å². The van der Waals surface area contributed by atoms with Gasteiger partial charge in [0, 0.05) is 41.0 Å². The van der Waals surface area contributed by atoms with Crippen LogP contribution in [-0.2, 0) is 10.5 Å². The van der Waals surface area contributed by atoms with Gasteiger partial charge < -0.3 is 9.64 Å². The molecule has 5 rings (SSSR count). The number of anilines is 1. The van der Waals surface area contributed by atoms with Crippen LogP contribution < -0.4 is 4.90 Å². The van der Waals surface area contributed by atoms with Crippen LogP contribution in [0.2, 0.25) is 5.02 Å². The number of nitrogens with zero attached hydrogens (tertiary/aromatic N) is 5. The van der Waals surface area contributed by atoms with Gasteiger partial charge in [-0.05, 0) is 36.8 Å². The maximum absolute atomic E-state index is 6.56. The Bertz CT molecular complexity index is 1220. The molecule has 0 saturated carbocycles. The largest absolute Gasteiger partial charge is 0.378 e. The molecule has 31 heavy (non-hydrogen) atoms. The van der Waals surface area contributed by atoms with E-state index in [0.29, 0.717) is 24.0 Å². The van der Waals surface area contributed by atoms with Crippen LogP contribution in [0.3, 0.4) is 0 Å². The third-order valence-corrected chi connectivity index (χ3v) is 6.65. The van der Waals surface area contributed by atoms with Gasteiger partial charge in [0.05, 0.1) is 24.4 Å². The molecule has 4 aromatic rings. The first kappa shape index (κ1) is 20.3. The van der Waals surface area contributed by atoms with E-state index in [4.69, 9.17) is 16.3 Å². The van der Waals surface area contributed by atoms with Gasteiger partial charge in [-0.25, -0.2) is 0 Å². The minimum atomic E-state index is 0.653. The number of ether oxygens (including phenoxy) is 1. The van der Waals surface area contributed by atoms with Crippen molar-refractivity contribution < 1.29 is 4.74 Å². The summed E-state index contributed by atoms with van der Waals surface area (Å²) in [6.07, 6.45) is 1.80. The number of hydrogen-bond donors (Lipinski definition) is 0. The number of aryl methyl sites for hydroxylation is 1. The molecule has 0 aliphatic carbocycles. The summed E-state index contributed by atoms with van der Waals surface area (Å²) in [5.74, 6) is 1.50. The van der Waals surface area contributed by atoms with E-state index < -0.39 is 0 Å². The van der Waals surface area contributed by atoms with Crippen LogP contribution in [0, 0.1) is 6.92 Å². The number of thioether (sulfide) groups is 1. The first-order valence-electron chi connectivity index (χ1n) is 10.2. The van der Waals surface area contributed by atoms with Crippen molar-refractivity contribution in [1.29, 1.82) is 0 Å². The van der Waals surface area contributed by atoms with Crippen molar-refractivity contribution in [3.05, 3.63) is 70.9 Å². The van der Waals surface area contributed by atoms with Gasteiger partial charge in [0.25, 0.3) is 0 Å². The van der Waals surface area contributed by atoms with Crippen LogP contribution >= 0.6 is 23.4 Å². The molecule has 0 unspecified atom stereocenters. The van der Waals surface area contributed by atoms with Crippen molar-refractivity contribution in [2.75, 3.05) is 31.2 Å². The van der Waals surface area contributed by atoms with Gasteiger partial charge in [-0.2, -0.15) is 0 Å². The first-order valence-corrected chi connectivity index (χ1v) is 11.6. The fourth-order valence-electron chi connectivity index (χ4n) is 3.77. The summed E-state index contributed by atoms with van der Waals surface area (Å²) in [5.41, 5.74) is 4.18. The maximum atomic E-state index is 6.56. The summed E-state index contributed by atoms with van der Waals surface area (Å²) in [6, 6.07) is 16.3. The number of halogens is 1. The third kappa shape index (κ3) is 4.13. The fourth-order valence-corrected chi connectivity index (χ4v) is 5.05. The predicted octanol–water partition coefficient (Wildman–Crippen LogP) is 4.91. The van der Waals surface area contributed by atoms with Crippen molar-refractivity contribution in [2.45, 2.75) is 17.8 Å². The smallest absolute Gasteiger partial charge is 0.232 e. The molecule has 0 bridgehead atoms. The molecule has 1 saturated heterocycles. The highest BCUT2D eigenvalue weighted by Crippen LogP contribution is 2.33. The van der Waals surface area contributed by atoms with Crippen molar-refractivity contribution in [1.82, 2.24) is 19.7 Å². The van der Waals surface area contributed by atoms with Gasteiger partial charge >= 0.3 is 0 Å². The molecule has 0 spiro atoms. The summed E-state index contributed by atoms with van der Waals surface area (Å²) < 4.78 is 7.66. The SMILES string of the molecule is Cc1cccc(-n2c(SCc3c(Cl)ccc4cccnc34)nnc2N2CCOCC2)c1. The number of morpholine rings is 1. The zero-order valence-electron chi connectivity index (χ0n) is 17.2. The molecule has 0 N–H and O–H groups in total. The highest BCUT2D eigenvalue weighted by molar-refractivity contribution is 7.98. The summed E-state index contributed by atoms with van der Waals surface area (Å²) >= 11 is 8.18. The maximum Gasteiger partial charge on any atom is 0.232 e. The minimum Gasteiger partial charge on any atom is -0.378 e. The van der Waals surface area contributed by atoms with E-state index in [1.54, 1.807) is 18.0 Å². The molecule has 6 nitrogen and oxygen atoms in total. The van der Waals surface area contributed by atoms with E-state index in [-0.39, 0.29) is 0 Å². The molecule has 2 aromatic carbocycles. The number of aromatic nitrogens is 4. The lowest BCUT2D eigenvalue weighted by Crippen LogP contribution is -2.37. The predicted molar refractivity (Wildman–Crippen MR) is 125 cm³/mol. The van der Waals surface area contributed by atoms with Crippen LogP contribution in [0.5, 0.6) is 0 Å². The van der Waals surface area contributed by atoms with Gasteiger partial charge in [-0.1, -0.05) is 47.6 Å². The minimum absolute atomic E-state index is 0.653. The average Bonchev–Trinajstić information content (AvgIpc) is 3.23. The fraction of sp³-hybridized carbons (Fsp3) is 0.261. The quantitative estimate of drug-likeness (QED) is 0.402. The molecular formula is C23H22ClN5OS. The Morgan fingerprint density at radius 2 is 1.94 bits per heavy atom. The topological polar surface area (TPSA) is 56.1 Å². The standard InChI is InChI=1S/C23H22ClN5OS/c1-16-4-2-6-18(14-16)29-22(28-10-12-30-13-11-28)26-27-23(29)31-15-19-20(24)8-7-17-5-3-9-25-21(17)19/h2-9,14H,10-13,15H2,1H3. The Morgan fingerprint density at radius 3 is 2.77 bits per heavy atom. The monoisotopic (exact) mass is 451 g/mol. The number of rotatable bonds is 5. The van der Waals surface area contributed by atoms with Gasteiger partial charge in [-0.15, -0.1) is 10.2 Å². The average molecular weight is 452 g/mol. The highest BCUT2D eigenvalue weighted by atomic mass is 35.5. The van der Waals surface area contributed by atoms with Gasteiger partial charge in [-0.3, -0.25) is 9.55 Å². The van der Waals surface area contributed by atoms with Crippen LogP contribution in [0.4, 0.5) is 5.95 Å². The molecule has 0 atom stereocenters. The summed E-state index contributed by atoms with van der Waals surface area (Å²) in [6.45, 7) is 5.08. The van der Waals surface area contributed by atoms with E-state index >= 15 is 0 Å². The highest BCUT2D eigenvalue weighted by Gasteiger charge is 2.22. The number of pyridine rings is 1. The molecule has 2 aromatic heterocycles. The van der Waals surface area contributed by atoms with Crippen molar-refractivity contribution in [3.63, 3.8) is 0 Å². The van der Waals surface area contributed by atoms with Crippen LogP contribution in [0.1, 0.15) is 11.1 Å². The number of hydrogen-bond acceptors (Lipinski definition) is 6. The number of benzene rings is 2. The van der Waals surface area contributed by atoms with Gasteiger partial charge in [0.2, 0.25) is 5.95 Å². The Balaban J connectivity index is 1.53. The third-order valence-electron chi connectivity index (χ3n) is 5.34. The second kappa shape index (κ2) is 8.86. The van der Waals surface area contributed by atoms with E-state index in [0.717, 1.165) is 46.3 Å². The van der Waals surface area contributed by atoms with Crippen LogP contribution in [0.25, 0.3) is 16.6 Å². The normalized spacial score (nSPS) is 14.3. The lowest BCUT2D eigenvalue weighted by atomic mass is 10.1. The lowest BCUT2D eigenvalue weighted by Gasteiger charge is -2.28. The second-order valence-corrected chi connectivity index (χ2v) is 8.80. The van der Waals surface area contributed by atoms with E-state index in [1.807, 2.05) is 18.2 Å². The van der Waals surface area contributed by atoms with Crippen molar-refractivity contribution >= 4 is 40.2 Å². The van der Waals surface area contributed by atoms with E-state index in [1.165, 1.54) is 5.56 Å². The summed E-state index contributed by atoms with van der Waals surface area (Å²) in [7, 11) is 0.